The minimum atomic E-state index is -4.22. The zero-order chi connectivity index (χ0) is 12.8. The minimum Gasteiger partial charge on any atom is -0.506 e. The Morgan fingerprint density at radius 2 is 2.18 bits per heavy atom. The van der Waals surface area contributed by atoms with E-state index in [1.54, 1.807) is 13.1 Å². The molecule has 2 rings (SSSR count). The van der Waals surface area contributed by atoms with E-state index in [0.717, 1.165) is 11.8 Å². The first-order chi connectivity index (χ1) is 7.71. The average Bonchev–Trinajstić information content (AvgIpc) is 2.48. The van der Waals surface area contributed by atoms with Gasteiger partial charge in [-0.2, -0.15) is 13.2 Å². The van der Waals surface area contributed by atoms with Crippen molar-refractivity contribution >= 4 is 34.4 Å². The number of dihydropyridines is 1. The largest absolute Gasteiger partial charge is 0.506 e. The van der Waals surface area contributed by atoms with Crippen molar-refractivity contribution in [1.82, 2.24) is 5.32 Å². The Hall–Kier alpha value is -0.310. The lowest BCUT2D eigenvalue weighted by molar-refractivity contribution is -0.125. The van der Waals surface area contributed by atoms with Gasteiger partial charge in [0, 0.05) is 11.8 Å². The van der Waals surface area contributed by atoms with E-state index in [1.165, 1.54) is 6.08 Å². The molecule has 0 aromatic rings. The first-order valence-electron chi connectivity index (χ1n) is 4.75. The highest BCUT2D eigenvalue weighted by molar-refractivity contribution is 14.1. The van der Waals surface area contributed by atoms with Gasteiger partial charge in [0.15, 0.2) is 0 Å². The average molecular weight is 375 g/mol. The smallest absolute Gasteiger partial charge is 0.393 e. The number of halogens is 4. The van der Waals surface area contributed by atoms with Crippen LogP contribution in [0.2, 0.25) is 0 Å². The lowest BCUT2D eigenvalue weighted by Gasteiger charge is -2.30. The minimum absolute atomic E-state index is 0.0523. The standard InChI is InChI=1S/C10H9F3INOS/c1-9-6(8(16)7(14)4-15-9)2-5(17-9)3-10(11,12)13/h2,4,15-16H,3H2,1H3. The van der Waals surface area contributed by atoms with Crippen LogP contribution in [0.25, 0.3) is 0 Å². The first kappa shape index (κ1) is 13.1. The lowest BCUT2D eigenvalue weighted by atomic mass is 10.0. The van der Waals surface area contributed by atoms with E-state index in [9.17, 15) is 18.3 Å². The van der Waals surface area contributed by atoms with Crippen LogP contribution in [0.5, 0.6) is 0 Å². The van der Waals surface area contributed by atoms with E-state index in [0.29, 0.717) is 9.15 Å². The van der Waals surface area contributed by atoms with Gasteiger partial charge in [-0.05, 0) is 40.5 Å². The Kier molecular flexibility index (Phi) is 3.18. The molecule has 0 amide bonds. The summed E-state index contributed by atoms with van der Waals surface area (Å²) in [6, 6.07) is 0. The van der Waals surface area contributed by atoms with Crippen LogP contribution in [0.15, 0.2) is 32.1 Å². The summed E-state index contributed by atoms with van der Waals surface area (Å²) in [5.41, 5.74) is 0.508. The van der Waals surface area contributed by atoms with Gasteiger partial charge in [0.1, 0.15) is 10.6 Å². The van der Waals surface area contributed by atoms with E-state index in [4.69, 9.17) is 0 Å². The van der Waals surface area contributed by atoms with Crippen LogP contribution in [0, 0.1) is 0 Å². The number of hydrogen-bond acceptors (Lipinski definition) is 3. The molecule has 0 aromatic heterocycles. The normalized spacial score (nSPS) is 28.5. The maximum absolute atomic E-state index is 12.3. The molecule has 0 fully saturated rings. The molecule has 2 heterocycles. The highest BCUT2D eigenvalue weighted by Gasteiger charge is 2.42. The Balaban J connectivity index is 2.32. The molecule has 2 aliphatic rings. The fourth-order valence-corrected chi connectivity index (χ4v) is 3.50. The van der Waals surface area contributed by atoms with Gasteiger partial charge in [-0.3, -0.25) is 0 Å². The van der Waals surface area contributed by atoms with Gasteiger partial charge >= 0.3 is 6.18 Å². The van der Waals surface area contributed by atoms with Gasteiger partial charge in [0.05, 0.1) is 10.0 Å². The number of aliphatic hydroxyl groups excluding tert-OH is 1. The Labute approximate surface area is 114 Å². The SMILES string of the molecule is CC12NC=C(I)C(O)=C1C=C(CC(F)(F)F)S2. The van der Waals surface area contributed by atoms with Crippen molar-refractivity contribution in [2.75, 3.05) is 0 Å². The summed E-state index contributed by atoms with van der Waals surface area (Å²) in [7, 11) is 0. The summed E-state index contributed by atoms with van der Waals surface area (Å²) in [5.74, 6) is 0.0523. The molecule has 0 bridgehead atoms. The molecular weight excluding hydrogens is 366 g/mol. The van der Waals surface area contributed by atoms with Gasteiger partial charge in [0.2, 0.25) is 0 Å². The number of nitrogens with one attached hydrogen (secondary N) is 1. The molecule has 0 saturated heterocycles. The van der Waals surface area contributed by atoms with Crippen molar-refractivity contribution < 1.29 is 18.3 Å². The predicted octanol–water partition coefficient (Wildman–Crippen LogP) is 3.98. The zero-order valence-electron chi connectivity index (χ0n) is 8.73. The third-order valence-corrected chi connectivity index (χ3v) is 4.58. The summed E-state index contributed by atoms with van der Waals surface area (Å²) in [4.78, 5) is -0.479. The van der Waals surface area contributed by atoms with Crippen molar-refractivity contribution in [3.05, 3.63) is 32.1 Å². The molecule has 2 nitrogen and oxygen atoms in total. The highest BCUT2D eigenvalue weighted by atomic mass is 127. The Morgan fingerprint density at radius 1 is 1.53 bits per heavy atom. The molecule has 0 aliphatic carbocycles. The van der Waals surface area contributed by atoms with Crippen molar-refractivity contribution in [1.29, 1.82) is 0 Å². The quantitative estimate of drug-likeness (QED) is 0.681. The molecule has 2 aliphatic heterocycles. The lowest BCUT2D eigenvalue weighted by Crippen LogP contribution is -2.38. The van der Waals surface area contributed by atoms with Crippen LogP contribution in [0.4, 0.5) is 13.2 Å². The third-order valence-electron chi connectivity index (χ3n) is 2.48. The fraction of sp³-hybridized carbons (Fsp3) is 0.400. The summed E-state index contributed by atoms with van der Waals surface area (Å²) >= 11 is 3.02. The molecule has 7 heteroatoms. The van der Waals surface area contributed by atoms with Crippen LogP contribution >= 0.6 is 34.4 Å². The monoisotopic (exact) mass is 375 g/mol. The van der Waals surface area contributed by atoms with E-state index in [2.05, 4.69) is 5.32 Å². The second-order valence-electron chi connectivity index (χ2n) is 3.94. The van der Waals surface area contributed by atoms with Crippen LogP contribution < -0.4 is 5.32 Å². The summed E-state index contributed by atoms with van der Waals surface area (Å²) in [6.07, 6.45) is -2.15. The van der Waals surface area contributed by atoms with Gasteiger partial charge < -0.3 is 10.4 Å². The van der Waals surface area contributed by atoms with Gasteiger partial charge in [-0.25, -0.2) is 0 Å². The van der Waals surface area contributed by atoms with Crippen molar-refractivity contribution in [2.45, 2.75) is 24.4 Å². The number of rotatable bonds is 1. The van der Waals surface area contributed by atoms with E-state index in [1.807, 2.05) is 22.6 Å². The molecule has 2 N–H and O–H groups in total. The number of aliphatic hydroxyl groups is 1. The first-order valence-corrected chi connectivity index (χ1v) is 6.64. The van der Waals surface area contributed by atoms with Crippen LogP contribution in [-0.4, -0.2) is 16.2 Å². The molecule has 0 radical (unpaired) electrons. The van der Waals surface area contributed by atoms with Crippen molar-refractivity contribution in [2.24, 2.45) is 0 Å². The molecular formula is C10H9F3INOS. The van der Waals surface area contributed by atoms with E-state index >= 15 is 0 Å². The molecule has 17 heavy (non-hydrogen) atoms. The molecule has 1 unspecified atom stereocenters. The maximum Gasteiger partial charge on any atom is 0.393 e. The maximum atomic E-state index is 12.3. The molecule has 0 aromatic carbocycles. The van der Waals surface area contributed by atoms with Gasteiger partial charge in [-0.15, -0.1) is 0 Å². The molecule has 0 spiro atoms. The highest BCUT2D eigenvalue weighted by Crippen LogP contribution is 2.50. The number of hydrogen-bond donors (Lipinski definition) is 2. The van der Waals surface area contributed by atoms with Crippen molar-refractivity contribution in [3.8, 4) is 0 Å². The molecule has 94 valence electrons. The molecule has 1 atom stereocenters. The number of thioether (sulfide) groups is 1. The topological polar surface area (TPSA) is 32.3 Å². The van der Waals surface area contributed by atoms with E-state index < -0.39 is 17.5 Å². The molecule has 0 saturated carbocycles. The van der Waals surface area contributed by atoms with Crippen LogP contribution in [0.3, 0.4) is 0 Å². The van der Waals surface area contributed by atoms with Gasteiger partial charge in [0.25, 0.3) is 0 Å². The number of fused-ring (bicyclic) bond motifs is 1. The van der Waals surface area contributed by atoms with Crippen LogP contribution in [-0.2, 0) is 0 Å². The van der Waals surface area contributed by atoms with E-state index in [-0.39, 0.29) is 10.7 Å². The summed E-state index contributed by atoms with van der Waals surface area (Å²) < 4.78 is 37.5. The number of alkyl halides is 3. The summed E-state index contributed by atoms with van der Waals surface area (Å²) in [5, 5.41) is 12.9. The second kappa shape index (κ2) is 4.11. The third kappa shape index (κ3) is 2.59. The Morgan fingerprint density at radius 3 is 2.76 bits per heavy atom. The zero-order valence-corrected chi connectivity index (χ0v) is 11.7. The Bertz CT molecular complexity index is 455. The van der Waals surface area contributed by atoms with Crippen LogP contribution in [0.1, 0.15) is 13.3 Å². The fourth-order valence-electron chi connectivity index (χ4n) is 1.73. The van der Waals surface area contributed by atoms with Crippen molar-refractivity contribution in [3.63, 3.8) is 0 Å². The number of allylic oxidation sites excluding steroid dienone is 2. The second-order valence-corrected chi connectivity index (χ2v) is 6.64. The summed E-state index contributed by atoms with van der Waals surface area (Å²) in [6.45, 7) is 1.75. The predicted molar refractivity (Wildman–Crippen MR) is 69.6 cm³/mol. The van der Waals surface area contributed by atoms with Gasteiger partial charge in [-0.1, -0.05) is 11.8 Å².